The molecule has 0 radical (unpaired) electrons. The zero-order valence-corrected chi connectivity index (χ0v) is 11.1. The van der Waals surface area contributed by atoms with Crippen LogP contribution in [0.4, 0.5) is 0 Å². The van der Waals surface area contributed by atoms with E-state index in [9.17, 15) is 0 Å². The van der Waals surface area contributed by atoms with Crippen LogP contribution in [0, 0.1) is 5.92 Å². The van der Waals surface area contributed by atoms with Crippen molar-refractivity contribution < 1.29 is 0 Å². The van der Waals surface area contributed by atoms with Gasteiger partial charge in [0.15, 0.2) is 0 Å². The van der Waals surface area contributed by atoms with E-state index in [2.05, 4.69) is 40.2 Å². The van der Waals surface area contributed by atoms with Gasteiger partial charge in [-0.15, -0.1) is 11.6 Å². The molecule has 82 valence electrons. The SMILES string of the molecule is ClC(Cc1ccc(Br)cc1)CC1CCC1. The Kier molecular flexibility index (Phi) is 4.10. The number of hydrogen-bond acceptors (Lipinski definition) is 0. The average molecular weight is 288 g/mol. The Morgan fingerprint density at radius 3 is 2.47 bits per heavy atom. The Morgan fingerprint density at radius 1 is 1.27 bits per heavy atom. The third-order valence-corrected chi connectivity index (χ3v) is 4.05. The molecular weight excluding hydrogens is 272 g/mol. The second-order valence-electron chi connectivity index (χ2n) is 4.46. The first-order valence-corrected chi connectivity index (χ1v) is 6.85. The highest BCUT2D eigenvalue weighted by Gasteiger charge is 2.20. The second-order valence-corrected chi connectivity index (χ2v) is 5.99. The average Bonchev–Trinajstić information content (AvgIpc) is 2.16. The minimum Gasteiger partial charge on any atom is -0.123 e. The van der Waals surface area contributed by atoms with Crippen molar-refractivity contribution >= 4 is 27.5 Å². The van der Waals surface area contributed by atoms with Crippen LogP contribution in [0.1, 0.15) is 31.2 Å². The topological polar surface area (TPSA) is 0 Å². The maximum atomic E-state index is 6.35. The molecular formula is C13H16BrCl. The monoisotopic (exact) mass is 286 g/mol. The summed E-state index contributed by atoms with van der Waals surface area (Å²) in [5.41, 5.74) is 1.34. The van der Waals surface area contributed by atoms with E-state index in [1.54, 1.807) is 0 Å². The smallest absolute Gasteiger partial charge is 0.0379 e. The van der Waals surface area contributed by atoms with Crippen molar-refractivity contribution in [1.29, 1.82) is 0 Å². The molecule has 15 heavy (non-hydrogen) atoms. The number of alkyl halides is 1. The van der Waals surface area contributed by atoms with Gasteiger partial charge in [0.05, 0.1) is 0 Å². The molecule has 1 aliphatic rings. The molecule has 1 aliphatic carbocycles. The van der Waals surface area contributed by atoms with Crippen LogP contribution in [0.2, 0.25) is 0 Å². The molecule has 0 N–H and O–H groups in total. The van der Waals surface area contributed by atoms with Gasteiger partial charge in [0.25, 0.3) is 0 Å². The molecule has 2 heteroatoms. The van der Waals surface area contributed by atoms with Crippen molar-refractivity contribution in [2.75, 3.05) is 0 Å². The normalized spacial score (nSPS) is 18.5. The van der Waals surface area contributed by atoms with Crippen LogP contribution in [0.15, 0.2) is 28.7 Å². The molecule has 1 aromatic carbocycles. The van der Waals surface area contributed by atoms with E-state index >= 15 is 0 Å². The lowest BCUT2D eigenvalue weighted by molar-refractivity contribution is 0.292. The zero-order chi connectivity index (χ0) is 10.7. The molecule has 1 fully saturated rings. The summed E-state index contributed by atoms with van der Waals surface area (Å²) in [5, 5.41) is 0.316. The van der Waals surface area contributed by atoms with Gasteiger partial charge in [-0.3, -0.25) is 0 Å². The molecule has 0 heterocycles. The lowest BCUT2D eigenvalue weighted by Crippen LogP contribution is -2.17. The van der Waals surface area contributed by atoms with Gasteiger partial charge < -0.3 is 0 Å². The maximum Gasteiger partial charge on any atom is 0.0379 e. The van der Waals surface area contributed by atoms with E-state index < -0.39 is 0 Å². The predicted octanol–water partition coefficient (Wildman–Crippen LogP) is 4.79. The van der Waals surface area contributed by atoms with Gasteiger partial charge in [-0.25, -0.2) is 0 Å². The molecule has 1 saturated carbocycles. The fraction of sp³-hybridized carbons (Fsp3) is 0.538. The summed E-state index contributed by atoms with van der Waals surface area (Å²) in [5.74, 6) is 0.906. The van der Waals surface area contributed by atoms with Crippen LogP contribution < -0.4 is 0 Å². The molecule has 0 spiro atoms. The highest BCUT2D eigenvalue weighted by atomic mass is 79.9. The first kappa shape index (κ1) is 11.5. The minimum absolute atomic E-state index is 0.316. The van der Waals surface area contributed by atoms with Crippen LogP contribution >= 0.6 is 27.5 Å². The van der Waals surface area contributed by atoms with Crippen LogP contribution in [0.25, 0.3) is 0 Å². The molecule has 0 nitrogen and oxygen atoms in total. The molecule has 0 amide bonds. The third kappa shape index (κ3) is 3.49. The Morgan fingerprint density at radius 2 is 1.93 bits per heavy atom. The van der Waals surface area contributed by atoms with Crippen molar-refractivity contribution in [3.63, 3.8) is 0 Å². The summed E-state index contributed by atoms with van der Waals surface area (Å²) >= 11 is 9.79. The summed E-state index contributed by atoms with van der Waals surface area (Å²) in [6.07, 6.45) is 6.39. The Labute approximate surface area is 105 Å². The van der Waals surface area contributed by atoms with Crippen LogP contribution in [-0.2, 0) is 6.42 Å². The van der Waals surface area contributed by atoms with Crippen molar-refractivity contribution in [2.45, 2.75) is 37.5 Å². The quantitative estimate of drug-likeness (QED) is 0.699. The van der Waals surface area contributed by atoms with E-state index in [0.717, 1.165) is 16.8 Å². The summed E-state index contributed by atoms with van der Waals surface area (Å²) in [4.78, 5) is 0. The molecule has 1 atom stereocenters. The van der Waals surface area contributed by atoms with E-state index in [1.807, 2.05) is 0 Å². The molecule has 2 rings (SSSR count). The molecule has 0 saturated heterocycles. The van der Waals surface area contributed by atoms with Gasteiger partial charge in [-0.05, 0) is 36.5 Å². The Hall–Kier alpha value is -0.0100. The lowest BCUT2D eigenvalue weighted by atomic mass is 9.81. The van der Waals surface area contributed by atoms with Gasteiger partial charge in [0, 0.05) is 9.85 Å². The second kappa shape index (κ2) is 5.36. The van der Waals surface area contributed by atoms with E-state index in [0.29, 0.717) is 5.38 Å². The summed E-state index contributed by atoms with van der Waals surface area (Å²) < 4.78 is 1.14. The summed E-state index contributed by atoms with van der Waals surface area (Å²) in [7, 11) is 0. The standard InChI is InChI=1S/C13H16BrCl/c14-12-6-4-11(5-7-12)9-13(15)8-10-2-1-3-10/h4-7,10,13H,1-3,8-9H2. The molecule has 1 aromatic rings. The van der Waals surface area contributed by atoms with Gasteiger partial charge in [0.1, 0.15) is 0 Å². The van der Waals surface area contributed by atoms with Crippen molar-refractivity contribution in [1.82, 2.24) is 0 Å². The van der Waals surface area contributed by atoms with Gasteiger partial charge in [0.2, 0.25) is 0 Å². The maximum absolute atomic E-state index is 6.35. The third-order valence-electron chi connectivity index (χ3n) is 3.18. The first-order chi connectivity index (χ1) is 7.24. The van der Waals surface area contributed by atoms with Crippen LogP contribution in [-0.4, -0.2) is 5.38 Å². The van der Waals surface area contributed by atoms with E-state index in [-0.39, 0.29) is 0 Å². The van der Waals surface area contributed by atoms with Crippen LogP contribution in [0.5, 0.6) is 0 Å². The van der Waals surface area contributed by atoms with Gasteiger partial charge in [-0.1, -0.05) is 47.3 Å². The van der Waals surface area contributed by atoms with Gasteiger partial charge >= 0.3 is 0 Å². The highest BCUT2D eigenvalue weighted by molar-refractivity contribution is 9.10. The number of rotatable bonds is 4. The molecule has 0 aliphatic heterocycles. The highest BCUT2D eigenvalue weighted by Crippen LogP contribution is 2.32. The van der Waals surface area contributed by atoms with Crippen molar-refractivity contribution in [3.05, 3.63) is 34.3 Å². The van der Waals surface area contributed by atoms with Crippen molar-refractivity contribution in [2.24, 2.45) is 5.92 Å². The molecule has 0 bridgehead atoms. The summed E-state index contributed by atoms with van der Waals surface area (Å²) in [6, 6.07) is 8.48. The summed E-state index contributed by atoms with van der Waals surface area (Å²) in [6.45, 7) is 0. The van der Waals surface area contributed by atoms with Crippen molar-refractivity contribution in [3.8, 4) is 0 Å². The Balaban J connectivity index is 1.82. The number of benzene rings is 1. The fourth-order valence-electron chi connectivity index (χ4n) is 2.05. The lowest BCUT2D eigenvalue weighted by Gasteiger charge is -2.27. The minimum atomic E-state index is 0.316. The van der Waals surface area contributed by atoms with E-state index in [1.165, 1.54) is 31.2 Å². The number of hydrogen-bond donors (Lipinski definition) is 0. The molecule has 0 aromatic heterocycles. The van der Waals surface area contributed by atoms with Crippen LogP contribution in [0.3, 0.4) is 0 Å². The predicted molar refractivity (Wildman–Crippen MR) is 69.4 cm³/mol. The number of halogens is 2. The van der Waals surface area contributed by atoms with E-state index in [4.69, 9.17) is 11.6 Å². The Bertz CT molecular complexity index is 303. The first-order valence-electron chi connectivity index (χ1n) is 5.62. The fourth-order valence-corrected chi connectivity index (χ4v) is 2.74. The largest absolute Gasteiger partial charge is 0.123 e. The van der Waals surface area contributed by atoms with Gasteiger partial charge in [-0.2, -0.15) is 0 Å². The zero-order valence-electron chi connectivity index (χ0n) is 8.76. The molecule has 1 unspecified atom stereocenters.